The molecule has 0 amide bonds. The third-order valence-electron chi connectivity index (χ3n) is 3.28. The molecule has 3 aromatic rings. The van der Waals surface area contributed by atoms with Crippen molar-refractivity contribution in [2.75, 3.05) is 10.5 Å². The molecule has 0 aliphatic rings. The standard InChI is InChI=1S/C16H16N4O3S/c17-16-15(10-18-19-16)24(21,22)20-13-6-8-14(9-7-13)23-11-12-4-2-1-3-5-12/h1-10,20H,11H2,(H3,17,18,19). The Hall–Kier alpha value is -3.00. The summed E-state index contributed by atoms with van der Waals surface area (Å²) in [7, 11) is -3.78. The van der Waals surface area contributed by atoms with Gasteiger partial charge < -0.3 is 10.5 Å². The number of anilines is 2. The number of sulfonamides is 1. The molecule has 0 fully saturated rings. The topological polar surface area (TPSA) is 110 Å². The van der Waals surface area contributed by atoms with Gasteiger partial charge in [0.25, 0.3) is 10.0 Å². The lowest BCUT2D eigenvalue weighted by Crippen LogP contribution is -2.13. The predicted molar refractivity (Wildman–Crippen MR) is 91.0 cm³/mol. The van der Waals surface area contributed by atoms with E-state index in [-0.39, 0.29) is 10.7 Å². The molecule has 0 bridgehead atoms. The highest BCUT2D eigenvalue weighted by molar-refractivity contribution is 7.92. The van der Waals surface area contributed by atoms with Crippen LogP contribution in [0.1, 0.15) is 5.56 Å². The Balaban J connectivity index is 1.65. The van der Waals surface area contributed by atoms with Crippen LogP contribution in [0.5, 0.6) is 5.75 Å². The highest BCUT2D eigenvalue weighted by atomic mass is 32.2. The van der Waals surface area contributed by atoms with Crippen LogP contribution in [-0.2, 0) is 16.6 Å². The number of benzene rings is 2. The van der Waals surface area contributed by atoms with Crippen LogP contribution in [0.4, 0.5) is 11.5 Å². The van der Waals surface area contributed by atoms with E-state index in [2.05, 4.69) is 14.9 Å². The van der Waals surface area contributed by atoms with Gasteiger partial charge in [-0.2, -0.15) is 5.10 Å². The summed E-state index contributed by atoms with van der Waals surface area (Å²) in [6.07, 6.45) is 1.16. The molecule has 4 N–H and O–H groups in total. The zero-order valence-electron chi connectivity index (χ0n) is 12.6. The smallest absolute Gasteiger partial charge is 0.267 e. The molecule has 0 radical (unpaired) electrons. The summed E-state index contributed by atoms with van der Waals surface area (Å²) in [6, 6.07) is 16.4. The van der Waals surface area contributed by atoms with E-state index in [4.69, 9.17) is 10.5 Å². The Bertz CT molecular complexity index is 906. The van der Waals surface area contributed by atoms with E-state index in [1.54, 1.807) is 24.3 Å². The van der Waals surface area contributed by atoms with Crippen LogP contribution in [0.3, 0.4) is 0 Å². The Morgan fingerprint density at radius 1 is 1.08 bits per heavy atom. The summed E-state index contributed by atoms with van der Waals surface area (Å²) in [5.41, 5.74) is 7.00. The van der Waals surface area contributed by atoms with Crippen LogP contribution in [0.2, 0.25) is 0 Å². The number of H-pyrrole nitrogens is 1. The minimum atomic E-state index is -3.78. The molecule has 0 atom stereocenters. The number of ether oxygens (including phenoxy) is 1. The molecule has 0 unspecified atom stereocenters. The fraction of sp³-hybridized carbons (Fsp3) is 0.0625. The monoisotopic (exact) mass is 344 g/mol. The quantitative estimate of drug-likeness (QED) is 0.636. The molecule has 8 heteroatoms. The van der Waals surface area contributed by atoms with Gasteiger partial charge in [-0.25, -0.2) is 8.42 Å². The highest BCUT2D eigenvalue weighted by Crippen LogP contribution is 2.21. The van der Waals surface area contributed by atoms with Crippen molar-refractivity contribution in [1.29, 1.82) is 0 Å². The van der Waals surface area contributed by atoms with Gasteiger partial charge in [0.15, 0.2) is 0 Å². The maximum absolute atomic E-state index is 12.2. The first-order valence-electron chi connectivity index (χ1n) is 7.13. The first-order valence-corrected chi connectivity index (χ1v) is 8.61. The van der Waals surface area contributed by atoms with Crippen molar-refractivity contribution in [3.63, 3.8) is 0 Å². The zero-order valence-corrected chi connectivity index (χ0v) is 13.5. The summed E-state index contributed by atoms with van der Waals surface area (Å²) in [5.74, 6) is 0.634. The molecule has 24 heavy (non-hydrogen) atoms. The molecular formula is C16H16N4O3S. The van der Waals surface area contributed by atoms with E-state index in [1.807, 2.05) is 30.3 Å². The number of hydrogen-bond donors (Lipinski definition) is 3. The third kappa shape index (κ3) is 3.66. The van der Waals surface area contributed by atoms with Crippen molar-refractivity contribution < 1.29 is 13.2 Å². The first kappa shape index (κ1) is 15.9. The third-order valence-corrected chi connectivity index (χ3v) is 4.69. The molecule has 0 spiro atoms. The van der Waals surface area contributed by atoms with E-state index >= 15 is 0 Å². The normalized spacial score (nSPS) is 11.2. The Kier molecular flexibility index (Phi) is 4.39. The van der Waals surface area contributed by atoms with Gasteiger partial charge >= 0.3 is 0 Å². The van der Waals surface area contributed by atoms with Gasteiger partial charge in [0.2, 0.25) is 0 Å². The number of rotatable bonds is 6. The fourth-order valence-electron chi connectivity index (χ4n) is 2.07. The Morgan fingerprint density at radius 2 is 1.79 bits per heavy atom. The maximum atomic E-state index is 12.2. The number of nitrogen functional groups attached to an aromatic ring is 1. The van der Waals surface area contributed by atoms with Crippen LogP contribution >= 0.6 is 0 Å². The van der Waals surface area contributed by atoms with Crippen LogP contribution in [0.15, 0.2) is 65.7 Å². The molecule has 7 nitrogen and oxygen atoms in total. The van der Waals surface area contributed by atoms with Crippen molar-refractivity contribution in [3.8, 4) is 5.75 Å². The second kappa shape index (κ2) is 6.63. The van der Waals surface area contributed by atoms with Gasteiger partial charge in [0.1, 0.15) is 23.1 Å². The summed E-state index contributed by atoms with van der Waals surface area (Å²) in [6.45, 7) is 0.442. The van der Waals surface area contributed by atoms with Crippen molar-refractivity contribution in [2.24, 2.45) is 0 Å². The second-order valence-electron chi connectivity index (χ2n) is 5.05. The average molecular weight is 344 g/mol. The number of nitrogens with zero attached hydrogens (tertiary/aromatic N) is 1. The van der Waals surface area contributed by atoms with Crippen molar-refractivity contribution in [3.05, 3.63) is 66.4 Å². The zero-order chi connectivity index (χ0) is 17.0. The first-order chi connectivity index (χ1) is 11.5. The molecule has 0 aliphatic heterocycles. The summed E-state index contributed by atoms with van der Waals surface area (Å²) >= 11 is 0. The van der Waals surface area contributed by atoms with Crippen molar-refractivity contribution in [1.82, 2.24) is 10.2 Å². The molecule has 3 rings (SSSR count). The van der Waals surface area contributed by atoms with E-state index in [0.717, 1.165) is 11.8 Å². The molecule has 124 valence electrons. The lowest BCUT2D eigenvalue weighted by atomic mass is 10.2. The Morgan fingerprint density at radius 3 is 2.42 bits per heavy atom. The van der Waals surface area contributed by atoms with Gasteiger partial charge in [-0.05, 0) is 29.8 Å². The molecule has 1 heterocycles. The Labute approximate surface area is 139 Å². The minimum absolute atomic E-state index is 0.00897. The lowest BCUT2D eigenvalue weighted by molar-refractivity contribution is 0.306. The van der Waals surface area contributed by atoms with Crippen molar-refractivity contribution in [2.45, 2.75) is 11.5 Å². The predicted octanol–water partition coefficient (Wildman–Crippen LogP) is 2.37. The second-order valence-corrected chi connectivity index (χ2v) is 6.70. The minimum Gasteiger partial charge on any atom is -0.489 e. The van der Waals surface area contributed by atoms with E-state index < -0.39 is 10.0 Å². The van der Waals surface area contributed by atoms with Crippen LogP contribution in [0, 0.1) is 0 Å². The van der Waals surface area contributed by atoms with Crippen LogP contribution in [0.25, 0.3) is 0 Å². The maximum Gasteiger partial charge on any atom is 0.267 e. The average Bonchev–Trinajstić information content (AvgIpc) is 3.02. The molecule has 2 aromatic carbocycles. The van der Waals surface area contributed by atoms with E-state index in [9.17, 15) is 8.42 Å². The lowest BCUT2D eigenvalue weighted by Gasteiger charge is -2.09. The fourth-order valence-corrected chi connectivity index (χ4v) is 3.15. The largest absolute Gasteiger partial charge is 0.489 e. The van der Waals surface area contributed by atoms with Gasteiger partial charge in [0, 0.05) is 5.69 Å². The summed E-state index contributed by atoms with van der Waals surface area (Å²) < 4.78 is 32.5. The van der Waals surface area contributed by atoms with Crippen molar-refractivity contribution >= 4 is 21.5 Å². The SMILES string of the molecule is Nc1[nH]ncc1S(=O)(=O)Nc1ccc(OCc2ccccc2)cc1. The van der Waals surface area contributed by atoms with Gasteiger partial charge in [-0.3, -0.25) is 9.82 Å². The number of nitrogens with two attached hydrogens (primary N) is 1. The van der Waals surface area contributed by atoms with Crippen LogP contribution < -0.4 is 15.2 Å². The van der Waals surface area contributed by atoms with E-state index in [0.29, 0.717) is 18.0 Å². The molecular weight excluding hydrogens is 328 g/mol. The highest BCUT2D eigenvalue weighted by Gasteiger charge is 2.19. The molecule has 0 aliphatic carbocycles. The molecule has 0 saturated heterocycles. The van der Waals surface area contributed by atoms with Gasteiger partial charge in [0.05, 0.1) is 6.20 Å². The number of nitrogens with one attached hydrogen (secondary N) is 2. The number of aromatic amines is 1. The summed E-state index contributed by atoms with van der Waals surface area (Å²) in [5, 5.41) is 6.00. The van der Waals surface area contributed by atoms with Gasteiger partial charge in [-0.1, -0.05) is 30.3 Å². The number of aromatic nitrogens is 2. The molecule has 1 aromatic heterocycles. The summed E-state index contributed by atoms with van der Waals surface area (Å²) in [4.78, 5) is -0.0908. The van der Waals surface area contributed by atoms with Gasteiger partial charge in [-0.15, -0.1) is 0 Å². The van der Waals surface area contributed by atoms with E-state index in [1.165, 1.54) is 0 Å². The molecule has 0 saturated carbocycles. The van der Waals surface area contributed by atoms with Crippen LogP contribution in [-0.4, -0.2) is 18.6 Å². The number of hydrogen-bond acceptors (Lipinski definition) is 5.